The van der Waals surface area contributed by atoms with Gasteiger partial charge in [-0.3, -0.25) is 4.79 Å². The fourth-order valence-electron chi connectivity index (χ4n) is 3.26. The lowest BCUT2D eigenvalue weighted by atomic mass is 9.76. The SMILES string of the molecule is Cc1[nH]c2cc(F)ccc2c1CCNC(=O)C1CC(C)C1. The van der Waals surface area contributed by atoms with Gasteiger partial charge in [0.2, 0.25) is 5.91 Å². The van der Waals surface area contributed by atoms with E-state index in [1.54, 1.807) is 6.07 Å². The first kappa shape index (κ1) is 14.1. The maximum Gasteiger partial charge on any atom is 0.223 e. The number of fused-ring (bicyclic) bond motifs is 1. The molecule has 0 bridgehead atoms. The van der Waals surface area contributed by atoms with Gasteiger partial charge in [0.05, 0.1) is 0 Å². The summed E-state index contributed by atoms with van der Waals surface area (Å²) in [5.74, 6) is 0.837. The number of carbonyl (C=O) groups is 1. The predicted molar refractivity (Wildman–Crippen MR) is 81.6 cm³/mol. The van der Waals surface area contributed by atoms with Crippen molar-refractivity contribution < 1.29 is 9.18 Å². The Labute approximate surface area is 123 Å². The first-order chi connectivity index (χ1) is 10.0. The molecule has 1 heterocycles. The third-order valence-corrected chi connectivity index (χ3v) is 4.50. The Hall–Kier alpha value is -1.84. The second kappa shape index (κ2) is 5.51. The van der Waals surface area contributed by atoms with E-state index in [1.807, 2.05) is 6.92 Å². The van der Waals surface area contributed by atoms with E-state index < -0.39 is 0 Å². The lowest BCUT2D eigenvalue weighted by molar-refractivity contribution is -0.128. The van der Waals surface area contributed by atoms with Gasteiger partial charge in [-0.1, -0.05) is 6.92 Å². The van der Waals surface area contributed by atoms with Gasteiger partial charge in [-0.2, -0.15) is 0 Å². The minimum atomic E-state index is -0.234. The molecule has 1 fully saturated rings. The van der Waals surface area contributed by atoms with Crippen LogP contribution in [0.15, 0.2) is 18.2 Å². The van der Waals surface area contributed by atoms with Crippen molar-refractivity contribution in [2.45, 2.75) is 33.1 Å². The smallest absolute Gasteiger partial charge is 0.223 e. The van der Waals surface area contributed by atoms with E-state index in [0.29, 0.717) is 12.5 Å². The van der Waals surface area contributed by atoms with E-state index in [0.717, 1.165) is 41.4 Å². The number of benzene rings is 1. The van der Waals surface area contributed by atoms with Gasteiger partial charge in [0, 0.05) is 29.1 Å². The maximum atomic E-state index is 13.2. The maximum absolute atomic E-state index is 13.2. The number of aromatic amines is 1. The van der Waals surface area contributed by atoms with E-state index >= 15 is 0 Å². The largest absolute Gasteiger partial charge is 0.358 e. The number of hydrogen-bond acceptors (Lipinski definition) is 1. The van der Waals surface area contributed by atoms with Crippen molar-refractivity contribution in [2.75, 3.05) is 6.54 Å². The number of amides is 1. The minimum Gasteiger partial charge on any atom is -0.358 e. The lowest BCUT2D eigenvalue weighted by Gasteiger charge is -2.31. The van der Waals surface area contributed by atoms with Crippen LogP contribution in [0.3, 0.4) is 0 Å². The summed E-state index contributed by atoms with van der Waals surface area (Å²) in [5, 5.41) is 4.06. The molecule has 0 radical (unpaired) electrons. The normalized spacial score (nSPS) is 21.3. The van der Waals surface area contributed by atoms with Crippen molar-refractivity contribution in [1.82, 2.24) is 10.3 Å². The summed E-state index contributed by atoms with van der Waals surface area (Å²) >= 11 is 0. The van der Waals surface area contributed by atoms with E-state index in [9.17, 15) is 9.18 Å². The molecule has 0 saturated heterocycles. The number of aromatic nitrogens is 1. The number of hydrogen-bond donors (Lipinski definition) is 2. The highest BCUT2D eigenvalue weighted by molar-refractivity contribution is 5.85. The third kappa shape index (κ3) is 2.80. The van der Waals surface area contributed by atoms with Crippen LogP contribution in [0.5, 0.6) is 0 Å². The first-order valence-electron chi connectivity index (χ1n) is 7.59. The molecular weight excluding hydrogens is 267 g/mol. The van der Waals surface area contributed by atoms with Crippen molar-refractivity contribution in [3.05, 3.63) is 35.3 Å². The summed E-state index contributed by atoms with van der Waals surface area (Å²) in [7, 11) is 0. The molecule has 1 amide bonds. The van der Waals surface area contributed by atoms with Crippen molar-refractivity contribution in [3.8, 4) is 0 Å². The van der Waals surface area contributed by atoms with Gasteiger partial charge < -0.3 is 10.3 Å². The second-order valence-electron chi connectivity index (χ2n) is 6.23. The zero-order valence-electron chi connectivity index (χ0n) is 12.5. The lowest BCUT2D eigenvalue weighted by Crippen LogP contribution is -2.38. The number of aryl methyl sites for hydroxylation is 1. The Bertz CT molecular complexity index is 671. The number of H-pyrrole nitrogens is 1. The molecule has 3 rings (SSSR count). The Morgan fingerprint density at radius 1 is 1.43 bits per heavy atom. The van der Waals surface area contributed by atoms with Crippen molar-refractivity contribution in [2.24, 2.45) is 11.8 Å². The topological polar surface area (TPSA) is 44.9 Å². The summed E-state index contributed by atoms with van der Waals surface area (Å²) in [6.07, 6.45) is 2.79. The Morgan fingerprint density at radius 2 is 2.19 bits per heavy atom. The Morgan fingerprint density at radius 3 is 2.90 bits per heavy atom. The van der Waals surface area contributed by atoms with Gasteiger partial charge in [-0.25, -0.2) is 4.39 Å². The average Bonchev–Trinajstić information content (AvgIpc) is 2.70. The standard InChI is InChI=1S/C17H21FN2O/c1-10-7-12(8-10)17(21)19-6-5-14-11(2)20-16-9-13(18)3-4-15(14)16/h3-4,9-10,12,20H,5-8H2,1-2H3,(H,19,21). The predicted octanol–water partition coefficient (Wildman–Crippen LogP) is 3.32. The van der Waals surface area contributed by atoms with Crippen LogP contribution < -0.4 is 5.32 Å². The van der Waals surface area contributed by atoms with E-state index in [4.69, 9.17) is 0 Å². The molecule has 2 aromatic rings. The molecule has 1 aromatic carbocycles. The zero-order valence-corrected chi connectivity index (χ0v) is 12.5. The van der Waals surface area contributed by atoms with E-state index in [2.05, 4.69) is 17.2 Å². The second-order valence-corrected chi connectivity index (χ2v) is 6.23. The summed E-state index contributed by atoms with van der Waals surface area (Å²) < 4.78 is 13.2. The summed E-state index contributed by atoms with van der Waals surface area (Å²) in [4.78, 5) is 15.1. The molecule has 4 heteroatoms. The summed E-state index contributed by atoms with van der Waals surface area (Å²) in [6.45, 7) is 4.80. The van der Waals surface area contributed by atoms with Crippen molar-refractivity contribution in [1.29, 1.82) is 0 Å². The fourth-order valence-corrected chi connectivity index (χ4v) is 3.26. The molecule has 112 valence electrons. The van der Waals surface area contributed by atoms with Gasteiger partial charge in [0.15, 0.2) is 0 Å². The Kier molecular flexibility index (Phi) is 3.70. The van der Waals surface area contributed by atoms with Crippen molar-refractivity contribution in [3.63, 3.8) is 0 Å². The number of nitrogens with one attached hydrogen (secondary N) is 2. The highest BCUT2D eigenvalue weighted by atomic mass is 19.1. The van der Waals surface area contributed by atoms with Crippen LogP contribution in [0.4, 0.5) is 4.39 Å². The number of carbonyl (C=O) groups excluding carboxylic acids is 1. The molecule has 2 N–H and O–H groups in total. The van der Waals surface area contributed by atoms with Crippen LogP contribution in [0.1, 0.15) is 31.0 Å². The van der Waals surface area contributed by atoms with E-state index in [-0.39, 0.29) is 17.6 Å². The summed E-state index contributed by atoms with van der Waals surface area (Å²) in [6, 6.07) is 4.80. The molecular formula is C17H21FN2O. The minimum absolute atomic E-state index is 0.177. The molecule has 1 aliphatic carbocycles. The highest BCUT2D eigenvalue weighted by Crippen LogP contribution is 2.33. The molecule has 3 nitrogen and oxygen atoms in total. The molecule has 1 aromatic heterocycles. The monoisotopic (exact) mass is 288 g/mol. The zero-order chi connectivity index (χ0) is 15.0. The molecule has 1 saturated carbocycles. The van der Waals surface area contributed by atoms with Gasteiger partial charge in [0.1, 0.15) is 5.82 Å². The third-order valence-electron chi connectivity index (χ3n) is 4.50. The molecule has 0 atom stereocenters. The van der Waals surface area contributed by atoms with Crippen LogP contribution in [0.2, 0.25) is 0 Å². The molecule has 21 heavy (non-hydrogen) atoms. The van der Waals surface area contributed by atoms with Gasteiger partial charge in [-0.15, -0.1) is 0 Å². The average molecular weight is 288 g/mol. The quantitative estimate of drug-likeness (QED) is 0.890. The highest BCUT2D eigenvalue weighted by Gasteiger charge is 2.31. The number of halogens is 1. The Balaban J connectivity index is 1.63. The number of rotatable bonds is 4. The van der Waals surface area contributed by atoms with Crippen LogP contribution >= 0.6 is 0 Å². The van der Waals surface area contributed by atoms with Crippen LogP contribution in [-0.2, 0) is 11.2 Å². The molecule has 0 spiro atoms. The van der Waals surface area contributed by atoms with Crippen LogP contribution in [-0.4, -0.2) is 17.4 Å². The van der Waals surface area contributed by atoms with Crippen LogP contribution in [0.25, 0.3) is 10.9 Å². The fraction of sp³-hybridized carbons (Fsp3) is 0.471. The van der Waals surface area contributed by atoms with Crippen LogP contribution in [0, 0.1) is 24.6 Å². The van der Waals surface area contributed by atoms with Gasteiger partial charge in [0.25, 0.3) is 0 Å². The van der Waals surface area contributed by atoms with Gasteiger partial charge in [-0.05, 0) is 55.9 Å². The molecule has 0 aliphatic heterocycles. The molecule has 1 aliphatic rings. The van der Waals surface area contributed by atoms with Gasteiger partial charge >= 0.3 is 0 Å². The van der Waals surface area contributed by atoms with Crippen molar-refractivity contribution >= 4 is 16.8 Å². The summed E-state index contributed by atoms with van der Waals surface area (Å²) in [5.41, 5.74) is 3.02. The first-order valence-corrected chi connectivity index (χ1v) is 7.59. The van der Waals surface area contributed by atoms with E-state index in [1.165, 1.54) is 12.1 Å². The molecule has 0 unspecified atom stereocenters.